The molecule has 112 valence electrons. The van der Waals surface area contributed by atoms with Crippen LogP contribution in [0.25, 0.3) is 0 Å². The molecule has 1 fully saturated rings. The third-order valence-corrected chi connectivity index (χ3v) is 5.97. The third kappa shape index (κ3) is 2.99. The molecule has 1 N–H and O–H groups in total. The molecule has 0 radical (unpaired) electrons. The van der Waals surface area contributed by atoms with Crippen molar-refractivity contribution in [3.63, 3.8) is 0 Å². The van der Waals surface area contributed by atoms with E-state index in [1.54, 1.807) is 16.4 Å². The van der Waals surface area contributed by atoms with Gasteiger partial charge in [-0.25, -0.2) is 8.42 Å². The van der Waals surface area contributed by atoms with Gasteiger partial charge in [0, 0.05) is 24.3 Å². The van der Waals surface area contributed by atoms with Crippen LogP contribution in [0.4, 0.5) is 5.69 Å². The Morgan fingerprint density at radius 1 is 1.25 bits per heavy atom. The van der Waals surface area contributed by atoms with Gasteiger partial charge in [0.1, 0.15) is 0 Å². The summed E-state index contributed by atoms with van der Waals surface area (Å²) in [5.41, 5.74) is 0.685. The van der Waals surface area contributed by atoms with Crippen molar-refractivity contribution in [2.24, 2.45) is 0 Å². The van der Waals surface area contributed by atoms with Crippen molar-refractivity contribution in [2.75, 3.05) is 18.4 Å². The number of hydrogen-bond acceptors (Lipinski definition) is 3. The van der Waals surface area contributed by atoms with E-state index in [2.05, 4.69) is 12.2 Å². The zero-order chi connectivity index (χ0) is 14.8. The third-order valence-electron chi connectivity index (χ3n) is 3.85. The first-order valence-electron chi connectivity index (χ1n) is 7.25. The van der Waals surface area contributed by atoms with E-state index in [1.165, 1.54) is 0 Å². The van der Waals surface area contributed by atoms with Gasteiger partial charge in [0.05, 0.1) is 4.90 Å². The van der Waals surface area contributed by atoms with Crippen molar-refractivity contribution in [2.45, 2.75) is 50.5 Å². The summed E-state index contributed by atoms with van der Waals surface area (Å²) in [6, 6.07) is 7.07. The lowest BCUT2D eigenvalue weighted by Crippen LogP contribution is -2.42. The number of benzene rings is 1. The molecular formula is C15H24N2O2S. The highest BCUT2D eigenvalue weighted by Gasteiger charge is 2.40. The standard InChI is InChI=1S/C15H24N2O2S/c1-4-11-16-13-6-8-14(9-7-13)20(18,19)17-12-5-10-15(17,2)3/h6-9,16H,4-5,10-12H2,1-3H3. The Kier molecular flexibility index (Phi) is 4.39. The molecule has 1 aromatic rings. The molecular weight excluding hydrogens is 272 g/mol. The van der Waals surface area contributed by atoms with Crippen LogP contribution in [0, 0.1) is 0 Å². The lowest BCUT2D eigenvalue weighted by Gasteiger charge is -2.30. The van der Waals surface area contributed by atoms with Gasteiger partial charge in [-0.1, -0.05) is 6.92 Å². The van der Waals surface area contributed by atoms with Gasteiger partial charge in [-0.15, -0.1) is 0 Å². The van der Waals surface area contributed by atoms with Crippen molar-refractivity contribution in [3.8, 4) is 0 Å². The van der Waals surface area contributed by atoms with Gasteiger partial charge in [0.15, 0.2) is 0 Å². The first kappa shape index (κ1) is 15.3. The zero-order valence-electron chi connectivity index (χ0n) is 12.5. The molecule has 1 heterocycles. The van der Waals surface area contributed by atoms with Crippen LogP contribution in [0.3, 0.4) is 0 Å². The minimum atomic E-state index is -3.38. The van der Waals surface area contributed by atoms with E-state index in [9.17, 15) is 8.42 Å². The van der Waals surface area contributed by atoms with Crippen LogP contribution in [-0.2, 0) is 10.0 Å². The second-order valence-corrected chi connectivity index (χ2v) is 7.81. The van der Waals surface area contributed by atoms with E-state index >= 15 is 0 Å². The average Bonchev–Trinajstić information content (AvgIpc) is 2.77. The molecule has 0 bridgehead atoms. The molecule has 0 amide bonds. The van der Waals surface area contributed by atoms with E-state index in [1.807, 2.05) is 26.0 Å². The Hall–Kier alpha value is -1.07. The fraction of sp³-hybridized carbons (Fsp3) is 0.600. The molecule has 4 nitrogen and oxygen atoms in total. The Labute approximate surface area is 122 Å². The monoisotopic (exact) mass is 296 g/mol. The molecule has 20 heavy (non-hydrogen) atoms. The average molecular weight is 296 g/mol. The maximum Gasteiger partial charge on any atom is 0.243 e. The zero-order valence-corrected chi connectivity index (χ0v) is 13.3. The summed E-state index contributed by atoms with van der Waals surface area (Å²) >= 11 is 0. The summed E-state index contributed by atoms with van der Waals surface area (Å²) in [6.07, 6.45) is 2.90. The van der Waals surface area contributed by atoms with Gasteiger partial charge in [0.25, 0.3) is 0 Å². The lowest BCUT2D eigenvalue weighted by molar-refractivity contribution is 0.292. The fourth-order valence-corrected chi connectivity index (χ4v) is 4.52. The molecule has 0 aliphatic carbocycles. The van der Waals surface area contributed by atoms with Crippen LogP contribution in [0.5, 0.6) is 0 Å². The summed E-state index contributed by atoms with van der Waals surface area (Å²) in [5, 5.41) is 3.25. The van der Waals surface area contributed by atoms with Crippen molar-refractivity contribution < 1.29 is 8.42 Å². The molecule has 0 aromatic heterocycles. The first-order chi connectivity index (χ1) is 9.38. The van der Waals surface area contributed by atoms with E-state index in [0.717, 1.165) is 31.5 Å². The van der Waals surface area contributed by atoms with Gasteiger partial charge >= 0.3 is 0 Å². The second-order valence-electron chi connectivity index (χ2n) is 5.94. The quantitative estimate of drug-likeness (QED) is 0.908. The Morgan fingerprint density at radius 2 is 1.90 bits per heavy atom. The van der Waals surface area contributed by atoms with Crippen LogP contribution < -0.4 is 5.32 Å². The van der Waals surface area contributed by atoms with Crippen LogP contribution in [0.1, 0.15) is 40.0 Å². The van der Waals surface area contributed by atoms with Gasteiger partial charge < -0.3 is 5.32 Å². The molecule has 5 heteroatoms. The van der Waals surface area contributed by atoms with E-state index in [-0.39, 0.29) is 5.54 Å². The highest BCUT2D eigenvalue weighted by atomic mass is 32.2. The number of rotatable bonds is 5. The van der Waals surface area contributed by atoms with Crippen LogP contribution in [0.15, 0.2) is 29.2 Å². The topological polar surface area (TPSA) is 49.4 Å². The fourth-order valence-electron chi connectivity index (χ4n) is 2.67. The molecule has 1 aliphatic rings. The van der Waals surface area contributed by atoms with Crippen LogP contribution in [0.2, 0.25) is 0 Å². The first-order valence-corrected chi connectivity index (χ1v) is 8.69. The Morgan fingerprint density at radius 3 is 2.40 bits per heavy atom. The molecule has 0 atom stereocenters. The molecule has 0 unspecified atom stereocenters. The highest BCUT2D eigenvalue weighted by molar-refractivity contribution is 7.89. The van der Waals surface area contributed by atoms with Crippen molar-refractivity contribution in [3.05, 3.63) is 24.3 Å². The summed E-state index contributed by atoms with van der Waals surface area (Å²) < 4.78 is 27.0. The van der Waals surface area contributed by atoms with Crippen LogP contribution in [-0.4, -0.2) is 31.4 Å². The van der Waals surface area contributed by atoms with Gasteiger partial charge in [-0.2, -0.15) is 4.31 Å². The smallest absolute Gasteiger partial charge is 0.243 e. The second kappa shape index (κ2) is 5.74. The van der Waals surface area contributed by atoms with Gasteiger partial charge in [0.2, 0.25) is 10.0 Å². The number of anilines is 1. The van der Waals surface area contributed by atoms with E-state index in [0.29, 0.717) is 11.4 Å². The summed E-state index contributed by atoms with van der Waals surface area (Å²) in [4.78, 5) is 0.384. The predicted molar refractivity (Wildman–Crippen MR) is 82.4 cm³/mol. The van der Waals surface area contributed by atoms with Crippen molar-refractivity contribution in [1.29, 1.82) is 0 Å². The maximum atomic E-state index is 12.7. The maximum absolute atomic E-state index is 12.7. The minimum Gasteiger partial charge on any atom is -0.385 e. The van der Waals surface area contributed by atoms with Gasteiger partial charge in [-0.05, 0) is 57.4 Å². The van der Waals surface area contributed by atoms with Crippen molar-refractivity contribution in [1.82, 2.24) is 4.31 Å². The van der Waals surface area contributed by atoms with Crippen LogP contribution >= 0.6 is 0 Å². The number of nitrogens with zero attached hydrogens (tertiary/aromatic N) is 1. The number of hydrogen-bond donors (Lipinski definition) is 1. The normalized spacial score (nSPS) is 19.1. The number of sulfonamides is 1. The van der Waals surface area contributed by atoms with Gasteiger partial charge in [-0.3, -0.25) is 0 Å². The molecule has 1 aliphatic heterocycles. The summed E-state index contributed by atoms with van der Waals surface area (Å²) in [7, 11) is -3.38. The molecule has 1 saturated heterocycles. The molecule has 0 spiro atoms. The Balaban J connectivity index is 2.22. The predicted octanol–water partition coefficient (Wildman–Crippen LogP) is 3.07. The lowest BCUT2D eigenvalue weighted by atomic mass is 10.0. The largest absolute Gasteiger partial charge is 0.385 e. The van der Waals surface area contributed by atoms with E-state index < -0.39 is 10.0 Å². The Bertz CT molecular complexity index is 550. The minimum absolute atomic E-state index is 0.280. The van der Waals surface area contributed by atoms with Crippen molar-refractivity contribution >= 4 is 15.7 Å². The summed E-state index contributed by atoms with van der Waals surface area (Å²) in [6.45, 7) is 7.60. The number of nitrogens with one attached hydrogen (secondary N) is 1. The SMILES string of the molecule is CCCNc1ccc(S(=O)(=O)N2CCCC2(C)C)cc1. The molecule has 0 saturated carbocycles. The molecule has 2 rings (SSSR count). The highest BCUT2D eigenvalue weighted by Crippen LogP contribution is 2.34. The molecule has 1 aromatic carbocycles. The summed E-state index contributed by atoms with van der Waals surface area (Å²) in [5.74, 6) is 0. The van der Waals surface area contributed by atoms with E-state index in [4.69, 9.17) is 0 Å².